The number of aliphatic hydroxyl groups excluding tert-OH is 1. The number of methoxy groups -OCH3 is 1. The number of alkyl halides is 3. The van der Waals surface area contributed by atoms with Gasteiger partial charge >= 0.3 is 6.18 Å². The van der Waals surface area contributed by atoms with Crippen molar-refractivity contribution in [3.63, 3.8) is 0 Å². The van der Waals surface area contributed by atoms with Crippen molar-refractivity contribution in [1.29, 1.82) is 0 Å². The van der Waals surface area contributed by atoms with E-state index in [4.69, 9.17) is 20.8 Å². The Bertz CT molecular complexity index is 1600. The maximum absolute atomic E-state index is 13.7. The number of pyridine rings is 1. The lowest BCUT2D eigenvalue weighted by Crippen LogP contribution is -2.30. The van der Waals surface area contributed by atoms with E-state index in [0.29, 0.717) is 16.0 Å². The maximum atomic E-state index is 13.7. The Labute approximate surface area is 218 Å². The topological polar surface area (TPSA) is 92.9 Å². The lowest BCUT2D eigenvalue weighted by molar-refractivity contribution is -0.137. The molecule has 194 valence electrons. The van der Waals surface area contributed by atoms with Crippen molar-refractivity contribution in [3.8, 4) is 5.75 Å². The van der Waals surface area contributed by atoms with E-state index >= 15 is 0 Å². The van der Waals surface area contributed by atoms with Gasteiger partial charge in [-0.05, 0) is 47.5 Å². The van der Waals surface area contributed by atoms with Gasteiger partial charge in [-0.15, -0.1) is 0 Å². The number of aliphatic hydroxyl groups is 1. The zero-order chi connectivity index (χ0) is 27.2. The van der Waals surface area contributed by atoms with Crippen LogP contribution in [0.15, 0.2) is 82.7 Å². The third-order valence-electron chi connectivity index (χ3n) is 6.17. The minimum absolute atomic E-state index is 0.164. The molecule has 0 fully saturated rings. The summed E-state index contributed by atoms with van der Waals surface area (Å²) in [5.41, 5.74) is -0.338. The average molecular weight is 543 g/mol. The zero-order valence-electron chi connectivity index (χ0n) is 19.6. The predicted octanol–water partition coefficient (Wildman–Crippen LogP) is 6.29. The minimum Gasteiger partial charge on any atom is -0.503 e. The van der Waals surface area contributed by atoms with Crippen LogP contribution in [0.1, 0.15) is 33.3 Å². The largest absolute Gasteiger partial charge is 0.503 e. The summed E-state index contributed by atoms with van der Waals surface area (Å²) >= 11 is 6.12. The SMILES string of the molecule is COc1cc(Cl)cc2cc(C(=O)C3=C(O)C(=O)N(Cc4cccc(C(F)(F)F)c4)C3c3ccncc3)oc12. The Kier molecular flexibility index (Phi) is 6.36. The van der Waals surface area contributed by atoms with Crippen molar-refractivity contribution in [2.24, 2.45) is 0 Å². The molecule has 1 amide bonds. The summed E-state index contributed by atoms with van der Waals surface area (Å²) in [5.74, 6) is -2.42. The Morgan fingerprint density at radius 2 is 1.89 bits per heavy atom. The maximum Gasteiger partial charge on any atom is 0.416 e. The van der Waals surface area contributed by atoms with Crippen LogP contribution in [0.25, 0.3) is 11.0 Å². The molecule has 0 spiro atoms. The normalized spacial score (nSPS) is 16.0. The van der Waals surface area contributed by atoms with E-state index in [2.05, 4.69) is 4.98 Å². The molecule has 7 nitrogen and oxygen atoms in total. The molecule has 1 N–H and O–H groups in total. The molecule has 0 bridgehead atoms. The second kappa shape index (κ2) is 9.53. The molecule has 5 rings (SSSR count). The minimum atomic E-state index is -4.58. The van der Waals surface area contributed by atoms with Crippen LogP contribution in [-0.2, 0) is 17.5 Å². The van der Waals surface area contributed by atoms with Crippen LogP contribution < -0.4 is 4.74 Å². The van der Waals surface area contributed by atoms with Crippen molar-refractivity contribution in [1.82, 2.24) is 9.88 Å². The highest BCUT2D eigenvalue weighted by Crippen LogP contribution is 2.41. The third-order valence-corrected chi connectivity index (χ3v) is 6.39. The molecule has 3 heterocycles. The highest BCUT2D eigenvalue weighted by atomic mass is 35.5. The van der Waals surface area contributed by atoms with Crippen molar-refractivity contribution >= 4 is 34.3 Å². The number of aromatic nitrogens is 1. The number of furan rings is 1. The number of nitrogens with zero attached hydrogens (tertiary/aromatic N) is 2. The van der Waals surface area contributed by atoms with Crippen LogP contribution in [-0.4, -0.2) is 33.8 Å². The first kappa shape index (κ1) is 25.3. The molecule has 0 saturated carbocycles. The first-order valence-electron chi connectivity index (χ1n) is 11.2. The van der Waals surface area contributed by atoms with E-state index in [1.807, 2.05) is 0 Å². The number of ketones is 1. The van der Waals surface area contributed by atoms with Gasteiger partial charge in [-0.1, -0.05) is 23.7 Å². The molecule has 38 heavy (non-hydrogen) atoms. The first-order chi connectivity index (χ1) is 18.1. The Morgan fingerprint density at radius 3 is 2.58 bits per heavy atom. The number of benzene rings is 2. The molecule has 2 aromatic heterocycles. The van der Waals surface area contributed by atoms with Gasteiger partial charge in [0.05, 0.1) is 24.3 Å². The fourth-order valence-corrected chi connectivity index (χ4v) is 4.68. The van der Waals surface area contributed by atoms with E-state index in [1.54, 1.807) is 18.2 Å². The number of halogens is 4. The smallest absolute Gasteiger partial charge is 0.416 e. The lowest BCUT2D eigenvalue weighted by Gasteiger charge is -2.27. The zero-order valence-corrected chi connectivity index (χ0v) is 20.4. The van der Waals surface area contributed by atoms with Crippen LogP contribution in [0, 0.1) is 0 Å². The van der Waals surface area contributed by atoms with Crippen molar-refractivity contribution in [3.05, 3.63) is 106 Å². The quantitative estimate of drug-likeness (QED) is 0.288. The Balaban J connectivity index is 1.58. The number of hydrogen-bond donors (Lipinski definition) is 1. The standard InChI is InChI=1S/C27H18ClF3N2O5/c1-37-20-12-18(28)10-16-11-19(38-25(16)20)23(34)21-22(15-5-7-32-8-6-15)33(26(36)24(21)35)13-14-3-2-4-17(9-14)27(29,30)31/h2-12,22,35H,13H2,1H3. The van der Waals surface area contributed by atoms with Gasteiger partial charge in [-0.2, -0.15) is 13.2 Å². The monoisotopic (exact) mass is 542 g/mol. The van der Waals surface area contributed by atoms with E-state index in [-0.39, 0.29) is 34.8 Å². The lowest BCUT2D eigenvalue weighted by atomic mass is 9.95. The number of carbonyl (C=O) groups is 2. The molecule has 1 unspecified atom stereocenters. The van der Waals surface area contributed by atoms with Crippen LogP contribution in [0.3, 0.4) is 0 Å². The van der Waals surface area contributed by atoms with Gasteiger partial charge in [-0.3, -0.25) is 14.6 Å². The first-order valence-corrected chi connectivity index (χ1v) is 11.6. The Morgan fingerprint density at radius 1 is 1.16 bits per heavy atom. The summed E-state index contributed by atoms with van der Waals surface area (Å²) in [6.45, 7) is -0.305. The van der Waals surface area contributed by atoms with E-state index in [9.17, 15) is 27.9 Å². The molecule has 1 aliphatic heterocycles. The Hall–Kier alpha value is -4.31. The summed E-state index contributed by atoms with van der Waals surface area (Å²) in [5, 5.41) is 11.7. The van der Waals surface area contributed by atoms with E-state index in [1.165, 1.54) is 43.8 Å². The van der Waals surface area contributed by atoms with Gasteiger partial charge in [-0.25, -0.2) is 0 Å². The van der Waals surface area contributed by atoms with Crippen molar-refractivity contribution in [2.45, 2.75) is 18.8 Å². The van der Waals surface area contributed by atoms with E-state index < -0.39 is 35.2 Å². The van der Waals surface area contributed by atoms with Crippen LogP contribution >= 0.6 is 11.6 Å². The van der Waals surface area contributed by atoms with Gasteiger partial charge < -0.3 is 19.2 Å². The number of Topliss-reactive ketones (excluding diaryl/α,β-unsaturated/α-hetero) is 1. The number of amides is 1. The molecule has 1 atom stereocenters. The second-order valence-electron chi connectivity index (χ2n) is 8.54. The summed E-state index contributed by atoms with van der Waals surface area (Å²) in [7, 11) is 1.41. The molecule has 0 radical (unpaired) electrons. The molecule has 0 aliphatic carbocycles. The molecule has 2 aromatic carbocycles. The predicted molar refractivity (Wildman–Crippen MR) is 131 cm³/mol. The van der Waals surface area contributed by atoms with Gasteiger partial charge in [0.1, 0.15) is 0 Å². The number of hydrogen-bond acceptors (Lipinski definition) is 6. The van der Waals surface area contributed by atoms with Gasteiger partial charge in [0.2, 0.25) is 5.78 Å². The van der Waals surface area contributed by atoms with Gasteiger partial charge in [0, 0.05) is 35.4 Å². The fraction of sp³-hybridized carbons (Fsp3) is 0.148. The van der Waals surface area contributed by atoms with Gasteiger partial charge in [0.15, 0.2) is 22.9 Å². The third kappa shape index (κ3) is 4.47. The van der Waals surface area contributed by atoms with Crippen molar-refractivity contribution < 1.29 is 37.0 Å². The average Bonchev–Trinajstić information content (AvgIpc) is 3.43. The summed E-state index contributed by atoms with van der Waals surface area (Å²) < 4.78 is 50.8. The summed E-state index contributed by atoms with van der Waals surface area (Å²) in [6, 6.07) is 11.0. The molecule has 4 aromatic rings. The molecule has 0 saturated heterocycles. The molecule has 1 aliphatic rings. The summed E-state index contributed by atoms with van der Waals surface area (Å²) in [6.07, 6.45) is -1.70. The van der Waals surface area contributed by atoms with Crippen LogP contribution in [0.4, 0.5) is 13.2 Å². The van der Waals surface area contributed by atoms with Crippen molar-refractivity contribution in [2.75, 3.05) is 7.11 Å². The number of fused-ring (bicyclic) bond motifs is 1. The highest BCUT2D eigenvalue weighted by molar-refractivity contribution is 6.31. The number of carbonyl (C=O) groups excluding carboxylic acids is 2. The van der Waals surface area contributed by atoms with E-state index in [0.717, 1.165) is 17.0 Å². The molecular formula is C27H18ClF3N2O5. The number of ether oxygens (including phenoxy) is 1. The highest BCUT2D eigenvalue weighted by Gasteiger charge is 2.45. The second-order valence-corrected chi connectivity index (χ2v) is 8.98. The molecular weight excluding hydrogens is 525 g/mol. The van der Waals surface area contributed by atoms with Crippen LogP contribution in [0.5, 0.6) is 5.75 Å². The van der Waals surface area contributed by atoms with Gasteiger partial charge in [0.25, 0.3) is 5.91 Å². The summed E-state index contributed by atoms with van der Waals surface area (Å²) in [4.78, 5) is 32.0. The number of rotatable bonds is 6. The fourth-order valence-electron chi connectivity index (χ4n) is 4.47. The molecule has 11 heteroatoms. The van der Waals surface area contributed by atoms with Crippen LogP contribution in [0.2, 0.25) is 5.02 Å².